The molecule has 2 aliphatic heterocycles. The van der Waals surface area contributed by atoms with Gasteiger partial charge in [-0.1, -0.05) is 0 Å². The van der Waals surface area contributed by atoms with Crippen molar-refractivity contribution in [2.75, 3.05) is 6.61 Å². The van der Waals surface area contributed by atoms with Gasteiger partial charge >= 0.3 is 0 Å². The third kappa shape index (κ3) is 3.89. The van der Waals surface area contributed by atoms with Gasteiger partial charge < -0.3 is 9.53 Å². The van der Waals surface area contributed by atoms with E-state index in [0.717, 1.165) is 11.3 Å². The van der Waals surface area contributed by atoms with Gasteiger partial charge in [-0.2, -0.15) is 0 Å². The van der Waals surface area contributed by atoms with E-state index in [2.05, 4.69) is 5.32 Å². The molecule has 1 saturated heterocycles. The second kappa shape index (κ2) is 7.69. The first kappa shape index (κ1) is 18.8. The molecule has 1 unspecified atom stereocenters. The first-order chi connectivity index (χ1) is 12.9. The lowest BCUT2D eigenvalue weighted by Gasteiger charge is -2.27. The molecule has 0 bridgehead atoms. The van der Waals surface area contributed by atoms with E-state index in [1.807, 2.05) is 0 Å². The van der Waals surface area contributed by atoms with E-state index in [1.54, 1.807) is 6.07 Å². The third-order valence-electron chi connectivity index (χ3n) is 4.60. The minimum absolute atomic E-state index is 0.0818. The van der Waals surface area contributed by atoms with Crippen molar-refractivity contribution in [2.45, 2.75) is 45.1 Å². The molecular formula is C19H20N2O6. The van der Waals surface area contributed by atoms with E-state index in [9.17, 15) is 24.0 Å². The van der Waals surface area contributed by atoms with Gasteiger partial charge in [-0.3, -0.25) is 29.4 Å². The molecule has 1 aromatic carbocycles. The average molecular weight is 372 g/mol. The van der Waals surface area contributed by atoms with Crippen LogP contribution in [-0.4, -0.2) is 47.0 Å². The molecule has 1 aromatic rings. The Hall–Kier alpha value is -3.03. The molecule has 142 valence electrons. The third-order valence-corrected chi connectivity index (χ3v) is 4.60. The molecule has 1 atom stereocenters. The zero-order chi connectivity index (χ0) is 19.6. The lowest BCUT2D eigenvalue weighted by atomic mass is 10.0. The summed E-state index contributed by atoms with van der Waals surface area (Å²) in [6, 6.07) is 3.62. The van der Waals surface area contributed by atoms with Crippen LogP contribution in [0.5, 0.6) is 5.75 Å². The first-order valence-corrected chi connectivity index (χ1v) is 8.86. The number of hydrogen-bond acceptors (Lipinski definition) is 6. The number of amides is 4. The molecule has 27 heavy (non-hydrogen) atoms. The van der Waals surface area contributed by atoms with Crippen molar-refractivity contribution in [2.24, 2.45) is 0 Å². The number of carbonyl (C=O) groups is 5. The number of nitrogens with zero attached hydrogens (tertiary/aromatic N) is 1. The largest absolute Gasteiger partial charge is 0.494 e. The Balaban J connectivity index is 1.68. The second-order valence-electron chi connectivity index (χ2n) is 6.66. The predicted octanol–water partition coefficient (Wildman–Crippen LogP) is 1.23. The van der Waals surface area contributed by atoms with Gasteiger partial charge in [0.15, 0.2) is 0 Å². The number of ether oxygens (including phenoxy) is 1. The molecule has 0 aliphatic carbocycles. The maximum atomic E-state index is 12.7. The van der Waals surface area contributed by atoms with Crippen molar-refractivity contribution in [1.82, 2.24) is 10.2 Å². The van der Waals surface area contributed by atoms with Crippen LogP contribution < -0.4 is 10.1 Å². The minimum Gasteiger partial charge on any atom is -0.494 e. The van der Waals surface area contributed by atoms with Gasteiger partial charge in [0.2, 0.25) is 11.8 Å². The number of Topliss-reactive ketones (excluding diaryl/α,β-unsaturated/α-hetero) is 1. The summed E-state index contributed by atoms with van der Waals surface area (Å²) in [5.41, 5.74) is 0.402. The van der Waals surface area contributed by atoms with Gasteiger partial charge in [-0.05, 0) is 44.4 Å². The van der Waals surface area contributed by atoms with Crippen molar-refractivity contribution in [3.05, 3.63) is 29.3 Å². The summed E-state index contributed by atoms with van der Waals surface area (Å²) < 4.78 is 5.60. The highest BCUT2D eigenvalue weighted by atomic mass is 16.5. The summed E-state index contributed by atoms with van der Waals surface area (Å²) in [6.07, 6.45) is 2.13. The van der Waals surface area contributed by atoms with Gasteiger partial charge in [-0.15, -0.1) is 0 Å². The number of benzene rings is 1. The Bertz CT molecular complexity index is 831. The van der Waals surface area contributed by atoms with E-state index in [1.165, 1.54) is 19.1 Å². The lowest BCUT2D eigenvalue weighted by molar-refractivity contribution is -0.136. The molecule has 8 heteroatoms. The summed E-state index contributed by atoms with van der Waals surface area (Å²) in [6.45, 7) is 1.93. The van der Waals surface area contributed by atoms with Gasteiger partial charge in [0.25, 0.3) is 11.8 Å². The number of nitrogens with one attached hydrogen (secondary N) is 1. The maximum absolute atomic E-state index is 12.7. The number of rotatable bonds is 7. The van der Waals surface area contributed by atoms with Crippen molar-refractivity contribution in [3.63, 3.8) is 0 Å². The maximum Gasteiger partial charge on any atom is 0.262 e. The Morgan fingerprint density at radius 2 is 1.89 bits per heavy atom. The molecule has 1 fully saturated rings. The molecule has 2 aliphatic rings. The molecule has 4 amide bonds. The highest BCUT2D eigenvalue weighted by Crippen LogP contribution is 2.30. The molecule has 0 saturated carbocycles. The lowest BCUT2D eigenvalue weighted by Crippen LogP contribution is -2.54. The quantitative estimate of drug-likeness (QED) is 0.569. The minimum atomic E-state index is -0.981. The number of unbranched alkanes of at least 4 members (excludes halogenated alkanes) is 1. The zero-order valence-electron chi connectivity index (χ0n) is 14.9. The number of carbonyl (C=O) groups excluding carboxylic acids is 5. The molecule has 2 heterocycles. The Morgan fingerprint density at radius 3 is 2.59 bits per heavy atom. The van der Waals surface area contributed by atoms with E-state index >= 15 is 0 Å². The van der Waals surface area contributed by atoms with Crippen LogP contribution in [0.1, 0.15) is 59.7 Å². The number of piperidine rings is 1. The van der Waals surface area contributed by atoms with E-state index in [4.69, 9.17) is 4.74 Å². The molecule has 0 radical (unpaired) electrons. The molecular weight excluding hydrogens is 352 g/mol. The van der Waals surface area contributed by atoms with Gasteiger partial charge in [0.1, 0.15) is 17.6 Å². The van der Waals surface area contributed by atoms with Crippen LogP contribution in [0.3, 0.4) is 0 Å². The van der Waals surface area contributed by atoms with E-state index in [-0.39, 0.29) is 29.8 Å². The number of ketones is 1. The zero-order valence-corrected chi connectivity index (χ0v) is 14.9. The monoisotopic (exact) mass is 372 g/mol. The second-order valence-corrected chi connectivity index (χ2v) is 6.66. The van der Waals surface area contributed by atoms with Crippen molar-refractivity contribution >= 4 is 29.4 Å². The Kier molecular flexibility index (Phi) is 5.34. The van der Waals surface area contributed by atoms with Gasteiger partial charge in [0.05, 0.1) is 17.7 Å². The Morgan fingerprint density at radius 1 is 1.15 bits per heavy atom. The van der Waals surface area contributed by atoms with Crippen LogP contribution in [0.4, 0.5) is 0 Å². The van der Waals surface area contributed by atoms with E-state index in [0.29, 0.717) is 25.2 Å². The van der Waals surface area contributed by atoms with Crippen LogP contribution in [0.25, 0.3) is 0 Å². The summed E-state index contributed by atoms with van der Waals surface area (Å²) in [4.78, 5) is 60.4. The molecule has 0 aromatic heterocycles. The highest BCUT2D eigenvalue weighted by molar-refractivity contribution is 6.23. The summed E-state index contributed by atoms with van der Waals surface area (Å²) in [5.74, 6) is -1.58. The smallest absolute Gasteiger partial charge is 0.262 e. The van der Waals surface area contributed by atoms with Crippen LogP contribution in [0.15, 0.2) is 18.2 Å². The highest BCUT2D eigenvalue weighted by Gasteiger charge is 2.44. The molecule has 3 rings (SSSR count). The van der Waals surface area contributed by atoms with Crippen molar-refractivity contribution < 1.29 is 28.7 Å². The molecule has 0 spiro atoms. The average Bonchev–Trinajstić information content (AvgIpc) is 2.86. The Labute approximate surface area is 155 Å². The fourth-order valence-corrected chi connectivity index (χ4v) is 3.21. The van der Waals surface area contributed by atoms with E-state index < -0.39 is 29.7 Å². The fourth-order valence-electron chi connectivity index (χ4n) is 3.21. The van der Waals surface area contributed by atoms with Crippen LogP contribution in [-0.2, 0) is 14.4 Å². The first-order valence-electron chi connectivity index (χ1n) is 8.86. The molecule has 1 N–H and O–H groups in total. The number of hydrogen-bond donors (Lipinski definition) is 1. The topological polar surface area (TPSA) is 110 Å². The van der Waals surface area contributed by atoms with Crippen LogP contribution in [0, 0.1) is 0 Å². The summed E-state index contributed by atoms with van der Waals surface area (Å²) >= 11 is 0. The van der Waals surface area contributed by atoms with Gasteiger partial charge in [0, 0.05) is 12.8 Å². The van der Waals surface area contributed by atoms with Crippen LogP contribution in [0.2, 0.25) is 0 Å². The fraction of sp³-hybridized carbons (Fsp3) is 0.421. The van der Waals surface area contributed by atoms with Crippen molar-refractivity contribution in [1.29, 1.82) is 0 Å². The van der Waals surface area contributed by atoms with Crippen LogP contribution >= 0.6 is 0 Å². The normalized spacial score (nSPS) is 19.1. The van der Waals surface area contributed by atoms with Crippen molar-refractivity contribution in [3.8, 4) is 5.75 Å². The van der Waals surface area contributed by atoms with Gasteiger partial charge in [-0.25, -0.2) is 0 Å². The summed E-state index contributed by atoms with van der Waals surface area (Å²) in [5, 5.41) is 2.16. The number of imide groups is 2. The SMILES string of the molecule is CC(=O)CCCCOc1ccc2c(c1)C(=O)N(C1CCC(=O)NC1=O)C2=O. The standard InChI is InChI=1S/C19H20N2O6/c1-11(22)4-2-3-9-27-12-5-6-13-14(10-12)19(26)21(18(13)25)15-7-8-16(23)20-17(15)24/h5-6,10,15H,2-4,7-9H2,1H3,(H,20,23,24). The predicted molar refractivity (Wildman–Crippen MR) is 93.1 cm³/mol. The molecule has 8 nitrogen and oxygen atoms in total. The summed E-state index contributed by atoms with van der Waals surface area (Å²) in [7, 11) is 0. The number of fused-ring (bicyclic) bond motifs is 1.